The van der Waals surface area contributed by atoms with E-state index in [0.717, 1.165) is 43.5 Å². The number of hydrogen-bond acceptors (Lipinski definition) is 3. The van der Waals surface area contributed by atoms with Gasteiger partial charge in [0.2, 0.25) is 0 Å². The molecule has 0 saturated carbocycles. The van der Waals surface area contributed by atoms with Crippen LogP contribution in [0.4, 0.5) is 0 Å². The van der Waals surface area contributed by atoms with E-state index in [4.69, 9.17) is 9.47 Å². The zero-order chi connectivity index (χ0) is 10.5. The normalized spacial score (nSPS) is 15.8. The Bertz CT molecular complexity index is 293. The molecule has 1 saturated heterocycles. The highest BCUT2D eigenvalue weighted by Crippen LogP contribution is 2.18. The number of nitrogens with one attached hydrogen (secondary N) is 1. The molecule has 0 aliphatic carbocycles. The van der Waals surface area contributed by atoms with Gasteiger partial charge in [-0.25, -0.2) is 0 Å². The third-order valence-corrected chi connectivity index (χ3v) is 2.72. The second-order valence-electron chi connectivity index (χ2n) is 3.84. The van der Waals surface area contributed by atoms with Gasteiger partial charge in [-0.1, -0.05) is 0 Å². The summed E-state index contributed by atoms with van der Waals surface area (Å²) in [7, 11) is 1.67. The predicted molar refractivity (Wildman–Crippen MR) is 59.5 cm³/mol. The summed E-state index contributed by atoms with van der Waals surface area (Å²) in [6, 6.07) is 7.72. The van der Waals surface area contributed by atoms with E-state index in [0.29, 0.717) is 0 Å². The first-order chi connectivity index (χ1) is 7.38. The molecule has 0 spiro atoms. The van der Waals surface area contributed by atoms with Gasteiger partial charge in [-0.3, -0.25) is 0 Å². The van der Waals surface area contributed by atoms with Crippen molar-refractivity contribution in [3.8, 4) is 11.5 Å². The van der Waals surface area contributed by atoms with Crippen molar-refractivity contribution in [3.05, 3.63) is 24.3 Å². The van der Waals surface area contributed by atoms with Gasteiger partial charge in [-0.2, -0.15) is 0 Å². The fraction of sp³-hybridized carbons (Fsp3) is 0.500. The zero-order valence-corrected chi connectivity index (χ0v) is 9.03. The van der Waals surface area contributed by atoms with E-state index in [2.05, 4.69) is 5.32 Å². The van der Waals surface area contributed by atoms with Crippen LogP contribution >= 0.6 is 0 Å². The summed E-state index contributed by atoms with van der Waals surface area (Å²) in [5.41, 5.74) is 0. The van der Waals surface area contributed by atoms with E-state index in [-0.39, 0.29) is 0 Å². The molecule has 1 aliphatic rings. The Morgan fingerprint density at radius 3 is 2.40 bits per heavy atom. The fourth-order valence-corrected chi connectivity index (χ4v) is 1.57. The van der Waals surface area contributed by atoms with Gasteiger partial charge in [-0.05, 0) is 49.7 Å². The van der Waals surface area contributed by atoms with Gasteiger partial charge in [0.15, 0.2) is 0 Å². The minimum Gasteiger partial charge on any atom is -0.497 e. The second kappa shape index (κ2) is 5.03. The van der Waals surface area contributed by atoms with Crippen LogP contribution in [0.1, 0.15) is 6.42 Å². The smallest absolute Gasteiger partial charge is 0.119 e. The molecule has 0 aromatic heterocycles. The van der Waals surface area contributed by atoms with Crippen molar-refractivity contribution >= 4 is 0 Å². The van der Waals surface area contributed by atoms with Gasteiger partial charge < -0.3 is 14.8 Å². The molecule has 3 nitrogen and oxygen atoms in total. The summed E-state index contributed by atoms with van der Waals surface area (Å²) >= 11 is 0. The number of hydrogen-bond donors (Lipinski definition) is 1. The topological polar surface area (TPSA) is 30.5 Å². The molecule has 15 heavy (non-hydrogen) atoms. The van der Waals surface area contributed by atoms with Crippen LogP contribution < -0.4 is 14.8 Å². The van der Waals surface area contributed by atoms with Crippen molar-refractivity contribution < 1.29 is 9.47 Å². The Kier molecular flexibility index (Phi) is 3.45. The minimum atomic E-state index is 0.804. The third kappa shape index (κ3) is 2.86. The number of ether oxygens (including phenoxy) is 2. The van der Waals surface area contributed by atoms with E-state index in [1.165, 1.54) is 0 Å². The fourth-order valence-electron chi connectivity index (χ4n) is 1.57. The Morgan fingerprint density at radius 2 is 1.87 bits per heavy atom. The molecular formula is C12H17NO2. The van der Waals surface area contributed by atoms with Crippen molar-refractivity contribution in [2.75, 3.05) is 26.8 Å². The average Bonchev–Trinajstić information content (AvgIpc) is 2.23. The lowest BCUT2D eigenvalue weighted by atomic mass is 10.0. The highest BCUT2D eigenvalue weighted by Gasteiger charge is 2.15. The summed E-state index contributed by atoms with van der Waals surface area (Å²) < 4.78 is 10.7. The largest absolute Gasteiger partial charge is 0.497 e. The van der Waals surface area contributed by atoms with Gasteiger partial charge in [0.1, 0.15) is 11.5 Å². The first kappa shape index (κ1) is 10.3. The van der Waals surface area contributed by atoms with Crippen molar-refractivity contribution in [2.24, 2.45) is 5.92 Å². The summed E-state index contributed by atoms with van der Waals surface area (Å²) in [5, 5.41) is 3.25. The summed E-state index contributed by atoms with van der Waals surface area (Å²) in [6.07, 6.45) is 1.14. The molecule has 0 bridgehead atoms. The van der Waals surface area contributed by atoms with Crippen LogP contribution in [0.2, 0.25) is 0 Å². The third-order valence-electron chi connectivity index (χ3n) is 2.72. The molecule has 1 aromatic rings. The second-order valence-corrected chi connectivity index (χ2v) is 3.84. The molecule has 1 heterocycles. The molecule has 0 amide bonds. The Morgan fingerprint density at radius 1 is 1.20 bits per heavy atom. The lowest BCUT2D eigenvalue weighted by Gasteiger charge is -2.26. The maximum absolute atomic E-state index is 5.63. The Balaban J connectivity index is 1.72. The average molecular weight is 207 g/mol. The van der Waals surface area contributed by atoms with Crippen molar-refractivity contribution in [3.63, 3.8) is 0 Å². The molecule has 1 aromatic carbocycles. The van der Waals surface area contributed by atoms with Gasteiger partial charge in [0.05, 0.1) is 13.7 Å². The van der Waals surface area contributed by atoms with Gasteiger partial charge >= 0.3 is 0 Å². The first-order valence-corrected chi connectivity index (χ1v) is 5.36. The summed E-state index contributed by atoms with van der Waals surface area (Å²) in [4.78, 5) is 0. The standard InChI is InChI=1S/C12H17NO2/c1-14-11-2-4-12(5-3-11)15-7-6-10-8-13-9-10/h2-5,10,13H,6-9H2,1H3. The highest BCUT2D eigenvalue weighted by atomic mass is 16.5. The molecule has 0 atom stereocenters. The zero-order valence-electron chi connectivity index (χ0n) is 9.03. The van der Waals surface area contributed by atoms with Crippen molar-refractivity contribution in [2.45, 2.75) is 6.42 Å². The maximum Gasteiger partial charge on any atom is 0.119 e. The van der Waals surface area contributed by atoms with Crippen LogP contribution in [0.3, 0.4) is 0 Å². The maximum atomic E-state index is 5.63. The molecule has 0 radical (unpaired) electrons. The number of benzene rings is 1. The van der Waals surface area contributed by atoms with Crippen LogP contribution in [0.25, 0.3) is 0 Å². The highest BCUT2D eigenvalue weighted by molar-refractivity contribution is 5.31. The lowest BCUT2D eigenvalue weighted by molar-refractivity contribution is 0.238. The van der Waals surface area contributed by atoms with E-state index >= 15 is 0 Å². The molecule has 1 N–H and O–H groups in total. The number of rotatable bonds is 5. The van der Waals surface area contributed by atoms with E-state index in [1.807, 2.05) is 24.3 Å². The van der Waals surface area contributed by atoms with Crippen molar-refractivity contribution in [1.29, 1.82) is 0 Å². The molecular weight excluding hydrogens is 190 g/mol. The van der Waals surface area contributed by atoms with E-state index in [1.54, 1.807) is 7.11 Å². The Labute approximate surface area is 90.4 Å². The molecule has 1 aliphatic heterocycles. The van der Waals surface area contributed by atoms with E-state index < -0.39 is 0 Å². The molecule has 1 fully saturated rings. The predicted octanol–water partition coefficient (Wildman–Crippen LogP) is 1.68. The molecule has 2 rings (SSSR count). The quantitative estimate of drug-likeness (QED) is 0.797. The van der Waals surface area contributed by atoms with Crippen LogP contribution in [-0.4, -0.2) is 26.8 Å². The monoisotopic (exact) mass is 207 g/mol. The number of methoxy groups -OCH3 is 1. The molecule has 82 valence electrons. The first-order valence-electron chi connectivity index (χ1n) is 5.36. The van der Waals surface area contributed by atoms with Crippen LogP contribution in [0.5, 0.6) is 11.5 Å². The van der Waals surface area contributed by atoms with E-state index in [9.17, 15) is 0 Å². The van der Waals surface area contributed by atoms with Crippen LogP contribution in [0.15, 0.2) is 24.3 Å². The summed E-state index contributed by atoms with van der Waals surface area (Å²) in [6.45, 7) is 3.09. The summed E-state index contributed by atoms with van der Waals surface area (Å²) in [5.74, 6) is 2.59. The molecule has 0 unspecified atom stereocenters. The molecule has 3 heteroatoms. The van der Waals surface area contributed by atoms with Crippen molar-refractivity contribution in [1.82, 2.24) is 5.32 Å². The van der Waals surface area contributed by atoms with Crippen LogP contribution in [0, 0.1) is 5.92 Å². The van der Waals surface area contributed by atoms with Gasteiger partial charge in [0, 0.05) is 0 Å². The SMILES string of the molecule is COc1ccc(OCCC2CNC2)cc1. The van der Waals surface area contributed by atoms with Gasteiger partial charge in [-0.15, -0.1) is 0 Å². The Hall–Kier alpha value is -1.22. The van der Waals surface area contributed by atoms with Gasteiger partial charge in [0.25, 0.3) is 0 Å². The lowest BCUT2D eigenvalue weighted by Crippen LogP contribution is -2.42. The van der Waals surface area contributed by atoms with Crippen LogP contribution in [-0.2, 0) is 0 Å². The minimum absolute atomic E-state index is 0.804.